The summed E-state index contributed by atoms with van der Waals surface area (Å²) in [5.74, 6) is -0.820. The molecule has 2 aromatic carbocycles. The number of Topliss-reactive ketones (excluding diaryl/α,β-unsaturated/α-hetero) is 1. The lowest BCUT2D eigenvalue weighted by molar-refractivity contribution is -0.126. The summed E-state index contributed by atoms with van der Waals surface area (Å²) in [6.07, 6.45) is 3.37. The van der Waals surface area contributed by atoms with Crippen LogP contribution in [-0.2, 0) is 9.59 Å². The number of carbonyl (C=O) groups is 2. The lowest BCUT2D eigenvalue weighted by atomic mass is 9.67. The van der Waals surface area contributed by atoms with Crippen LogP contribution in [0.25, 0.3) is 11.1 Å². The number of rotatable bonds is 2. The van der Waals surface area contributed by atoms with Gasteiger partial charge in [0, 0.05) is 5.02 Å². The van der Waals surface area contributed by atoms with Crippen molar-refractivity contribution in [3.63, 3.8) is 0 Å². The van der Waals surface area contributed by atoms with Crippen LogP contribution in [0.1, 0.15) is 56.6 Å². The van der Waals surface area contributed by atoms with Crippen molar-refractivity contribution in [2.75, 3.05) is 0 Å². The van der Waals surface area contributed by atoms with E-state index in [1.54, 1.807) is 0 Å². The first-order valence-corrected chi connectivity index (χ1v) is 10.3. The van der Waals surface area contributed by atoms with Crippen LogP contribution in [0, 0.1) is 12.3 Å². The predicted octanol–water partition coefficient (Wildman–Crippen LogP) is 5.44. The zero-order chi connectivity index (χ0) is 20.1. The van der Waals surface area contributed by atoms with Crippen molar-refractivity contribution in [2.45, 2.75) is 57.9 Å². The van der Waals surface area contributed by atoms with E-state index in [-0.39, 0.29) is 17.1 Å². The van der Waals surface area contributed by atoms with Gasteiger partial charge in [-0.2, -0.15) is 0 Å². The van der Waals surface area contributed by atoms with Crippen LogP contribution in [0.15, 0.2) is 42.5 Å². The Labute approximate surface area is 171 Å². The SMILES string of the molecule is Cc1ccc(-c2ccc(Cl)cc2)cc1C1C(=O)NC2(CCC(C)(C)CC2)C1=O. The first-order chi connectivity index (χ1) is 13.2. The molecule has 4 rings (SSSR count). The maximum Gasteiger partial charge on any atom is 0.235 e. The molecule has 146 valence electrons. The van der Waals surface area contributed by atoms with Crippen LogP contribution in [0.3, 0.4) is 0 Å². The molecule has 1 atom stereocenters. The minimum absolute atomic E-state index is 0.0457. The van der Waals surface area contributed by atoms with Crippen LogP contribution in [0.2, 0.25) is 5.02 Å². The van der Waals surface area contributed by atoms with Crippen molar-refractivity contribution in [2.24, 2.45) is 5.41 Å². The molecule has 1 amide bonds. The number of amides is 1. The van der Waals surface area contributed by atoms with Gasteiger partial charge in [-0.05, 0) is 78.5 Å². The Bertz CT molecular complexity index is 936. The van der Waals surface area contributed by atoms with E-state index >= 15 is 0 Å². The van der Waals surface area contributed by atoms with Gasteiger partial charge in [0.05, 0.1) is 5.54 Å². The Hall–Kier alpha value is -2.13. The number of hydrogen-bond donors (Lipinski definition) is 1. The van der Waals surface area contributed by atoms with E-state index in [2.05, 4.69) is 19.2 Å². The van der Waals surface area contributed by atoms with Crippen LogP contribution >= 0.6 is 11.6 Å². The lowest BCUT2D eigenvalue weighted by Gasteiger charge is -2.40. The fourth-order valence-corrected chi connectivity index (χ4v) is 4.67. The van der Waals surface area contributed by atoms with E-state index in [1.165, 1.54) is 0 Å². The molecular formula is C24H26ClNO2. The standard InChI is InChI=1S/C24H26ClNO2/c1-15-4-5-17(16-6-8-18(25)9-7-16)14-19(15)20-21(27)24(26-22(20)28)12-10-23(2,3)11-13-24/h4-9,14,20H,10-13H2,1-3H3,(H,26,28). The summed E-state index contributed by atoms with van der Waals surface area (Å²) >= 11 is 6.00. The van der Waals surface area contributed by atoms with E-state index in [0.717, 1.165) is 47.9 Å². The molecule has 1 spiro atoms. The van der Waals surface area contributed by atoms with Gasteiger partial charge in [0.25, 0.3) is 0 Å². The zero-order valence-corrected chi connectivity index (χ0v) is 17.4. The van der Waals surface area contributed by atoms with Crippen LogP contribution in [-0.4, -0.2) is 17.2 Å². The molecule has 2 aromatic rings. The second-order valence-corrected chi connectivity index (χ2v) is 9.55. The second kappa shape index (κ2) is 6.73. The van der Waals surface area contributed by atoms with Crippen molar-refractivity contribution in [1.29, 1.82) is 0 Å². The van der Waals surface area contributed by atoms with E-state index in [1.807, 2.05) is 49.4 Å². The smallest absolute Gasteiger partial charge is 0.235 e. The highest BCUT2D eigenvalue weighted by Gasteiger charge is 2.55. The summed E-state index contributed by atoms with van der Waals surface area (Å²) in [5.41, 5.74) is 3.35. The first kappa shape index (κ1) is 19.2. The Kier molecular flexibility index (Phi) is 4.62. The summed E-state index contributed by atoms with van der Waals surface area (Å²) in [6.45, 7) is 6.44. The van der Waals surface area contributed by atoms with Gasteiger partial charge in [0.1, 0.15) is 5.92 Å². The molecule has 1 aliphatic heterocycles. The van der Waals surface area contributed by atoms with Crippen molar-refractivity contribution in [3.05, 3.63) is 58.6 Å². The number of hydrogen-bond acceptors (Lipinski definition) is 2. The molecule has 3 nitrogen and oxygen atoms in total. The first-order valence-electron chi connectivity index (χ1n) is 9.94. The summed E-state index contributed by atoms with van der Waals surface area (Å²) in [4.78, 5) is 26.4. The monoisotopic (exact) mass is 395 g/mol. The van der Waals surface area contributed by atoms with Crippen LogP contribution in [0.5, 0.6) is 0 Å². The number of benzene rings is 2. The summed E-state index contributed by atoms with van der Waals surface area (Å²) < 4.78 is 0. The quantitative estimate of drug-likeness (QED) is 0.688. The van der Waals surface area contributed by atoms with Gasteiger partial charge in [-0.1, -0.05) is 49.7 Å². The third-order valence-electron chi connectivity index (χ3n) is 6.58. The maximum atomic E-state index is 13.4. The summed E-state index contributed by atoms with van der Waals surface area (Å²) in [7, 11) is 0. The molecule has 1 saturated heterocycles. The average Bonchev–Trinajstić information content (AvgIpc) is 2.90. The van der Waals surface area contributed by atoms with Gasteiger partial charge in [0.2, 0.25) is 5.91 Å². The highest BCUT2D eigenvalue weighted by Crippen LogP contribution is 2.46. The fourth-order valence-electron chi connectivity index (χ4n) is 4.55. The molecule has 1 saturated carbocycles. The van der Waals surface area contributed by atoms with E-state index < -0.39 is 11.5 Å². The molecule has 28 heavy (non-hydrogen) atoms. The van der Waals surface area contributed by atoms with E-state index in [0.29, 0.717) is 5.02 Å². The third kappa shape index (κ3) is 3.26. The third-order valence-corrected chi connectivity index (χ3v) is 6.84. The molecule has 0 bridgehead atoms. The Morgan fingerprint density at radius 2 is 1.54 bits per heavy atom. The zero-order valence-electron chi connectivity index (χ0n) is 16.6. The molecule has 1 unspecified atom stereocenters. The summed E-state index contributed by atoms with van der Waals surface area (Å²) in [6, 6.07) is 13.6. The van der Waals surface area contributed by atoms with Crippen molar-refractivity contribution in [3.8, 4) is 11.1 Å². The minimum Gasteiger partial charge on any atom is -0.343 e. The van der Waals surface area contributed by atoms with Crippen molar-refractivity contribution < 1.29 is 9.59 Å². The molecule has 1 aliphatic carbocycles. The van der Waals surface area contributed by atoms with Crippen LogP contribution < -0.4 is 5.32 Å². The molecule has 4 heteroatoms. The minimum atomic E-state index is -0.714. The lowest BCUT2D eigenvalue weighted by Crippen LogP contribution is -2.50. The summed E-state index contributed by atoms with van der Waals surface area (Å²) in [5, 5.41) is 3.78. The predicted molar refractivity (Wildman–Crippen MR) is 112 cm³/mol. The van der Waals surface area contributed by atoms with Gasteiger partial charge in [0.15, 0.2) is 5.78 Å². The van der Waals surface area contributed by atoms with Crippen molar-refractivity contribution >= 4 is 23.3 Å². The molecule has 2 aliphatic rings. The van der Waals surface area contributed by atoms with Crippen LogP contribution in [0.4, 0.5) is 0 Å². The number of nitrogens with one attached hydrogen (secondary N) is 1. The molecular weight excluding hydrogens is 370 g/mol. The Balaban J connectivity index is 1.69. The van der Waals surface area contributed by atoms with Gasteiger partial charge >= 0.3 is 0 Å². The normalized spacial score (nSPS) is 23.1. The number of carbonyl (C=O) groups excluding carboxylic acids is 2. The van der Waals surface area contributed by atoms with Gasteiger partial charge in [-0.3, -0.25) is 9.59 Å². The molecule has 0 radical (unpaired) electrons. The Morgan fingerprint density at radius 1 is 0.929 bits per heavy atom. The second-order valence-electron chi connectivity index (χ2n) is 9.11. The fraction of sp³-hybridized carbons (Fsp3) is 0.417. The average molecular weight is 396 g/mol. The molecule has 2 fully saturated rings. The van der Waals surface area contributed by atoms with Gasteiger partial charge < -0.3 is 5.32 Å². The van der Waals surface area contributed by atoms with Gasteiger partial charge in [-0.15, -0.1) is 0 Å². The van der Waals surface area contributed by atoms with E-state index in [4.69, 9.17) is 11.6 Å². The maximum absolute atomic E-state index is 13.4. The Morgan fingerprint density at radius 3 is 2.18 bits per heavy atom. The molecule has 1 heterocycles. The largest absolute Gasteiger partial charge is 0.343 e. The highest BCUT2D eigenvalue weighted by atomic mass is 35.5. The number of halogens is 1. The van der Waals surface area contributed by atoms with Crippen molar-refractivity contribution in [1.82, 2.24) is 5.32 Å². The number of aryl methyl sites for hydroxylation is 1. The molecule has 1 N–H and O–H groups in total. The van der Waals surface area contributed by atoms with Gasteiger partial charge in [-0.25, -0.2) is 0 Å². The highest BCUT2D eigenvalue weighted by molar-refractivity contribution is 6.30. The molecule has 0 aromatic heterocycles. The van der Waals surface area contributed by atoms with E-state index in [9.17, 15) is 9.59 Å². The number of ketones is 1. The topological polar surface area (TPSA) is 46.2 Å².